The normalized spacial score (nSPS) is 47.2. The van der Waals surface area contributed by atoms with Crippen LogP contribution >= 0.6 is 0 Å². The molecular weight excluding hydrogens is 400 g/mol. The van der Waals surface area contributed by atoms with Gasteiger partial charge in [0, 0.05) is 0 Å². The van der Waals surface area contributed by atoms with E-state index in [-0.39, 0.29) is 12.7 Å². The highest BCUT2D eigenvalue weighted by Gasteiger charge is 2.60. The van der Waals surface area contributed by atoms with Gasteiger partial charge in [-0.2, -0.15) is 8.42 Å². The van der Waals surface area contributed by atoms with Crippen molar-refractivity contribution >= 4 is 10.4 Å². The molecule has 174 valence electrons. The lowest BCUT2D eigenvalue weighted by Crippen LogP contribution is -2.54. The van der Waals surface area contributed by atoms with Gasteiger partial charge in [0.1, 0.15) is 0 Å². The Hall–Kier alpha value is -0.170. The first-order valence-electron chi connectivity index (χ1n) is 12.3. The van der Waals surface area contributed by atoms with Crippen molar-refractivity contribution in [3.8, 4) is 0 Å². The zero-order valence-electron chi connectivity index (χ0n) is 19.1. The monoisotopic (exact) mass is 442 g/mol. The standard InChI is InChI=1S/C24H42O5S/c1-16(5-4-14-29-30(26,27)28)20-8-9-21-19-7-6-17-15-18(25)10-12-23(17,2)22(19)11-13-24(20,21)3/h16-22,25H,4-15H2,1-3H3,(H,26,27,28)/t16-,17?,18+,19+,20?,21?,22?,23?,24-/m1/s1. The van der Waals surface area contributed by atoms with E-state index in [1.54, 1.807) is 0 Å². The number of hydrogen-bond acceptors (Lipinski definition) is 4. The maximum atomic E-state index is 10.8. The van der Waals surface area contributed by atoms with Gasteiger partial charge in [0.15, 0.2) is 0 Å². The van der Waals surface area contributed by atoms with E-state index in [9.17, 15) is 13.5 Å². The van der Waals surface area contributed by atoms with E-state index >= 15 is 0 Å². The van der Waals surface area contributed by atoms with E-state index in [0.29, 0.717) is 35.0 Å². The molecule has 4 rings (SSSR count). The second kappa shape index (κ2) is 8.31. The van der Waals surface area contributed by atoms with Crippen LogP contribution < -0.4 is 0 Å². The van der Waals surface area contributed by atoms with Crippen LogP contribution in [-0.4, -0.2) is 30.8 Å². The molecule has 2 N–H and O–H groups in total. The van der Waals surface area contributed by atoms with Crippen LogP contribution in [0.5, 0.6) is 0 Å². The van der Waals surface area contributed by atoms with Gasteiger partial charge in [-0.25, -0.2) is 4.18 Å². The van der Waals surface area contributed by atoms with Gasteiger partial charge in [0.05, 0.1) is 12.7 Å². The summed E-state index contributed by atoms with van der Waals surface area (Å²) in [5.74, 6) is 4.47. The van der Waals surface area contributed by atoms with Crippen molar-refractivity contribution in [2.45, 2.75) is 97.5 Å². The minimum Gasteiger partial charge on any atom is -0.393 e. The molecule has 6 heteroatoms. The van der Waals surface area contributed by atoms with Gasteiger partial charge >= 0.3 is 10.4 Å². The third kappa shape index (κ3) is 4.11. The van der Waals surface area contributed by atoms with Gasteiger partial charge in [-0.1, -0.05) is 20.8 Å². The first-order chi connectivity index (χ1) is 14.0. The summed E-state index contributed by atoms with van der Waals surface area (Å²) >= 11 is 0. The molecule has 0 spiro atoms. The van der Waals surface area contributed by atoms with Crippen molar-refractivity contribution in [2.24, 2.45) is 46.3 Å². The third-order valence-corrected chi connectivity index (χ3v) is 10.9. The molecule has 4 fully saturated rings. The highest BCUT2D eigenvalue weighted by Crippen LogP contribution is 2.68. The van der Waals surface area contributed by atoms with Crippen molar-refractivity contribution in [3.05, 3.63) is 0 Å². The smallest absolute Gasteiger partial charge is 0.393 e. The molecule has 0 aliphatic heterocycles. The van der Waals surface area contributed by atoms with Crippen LogP contribution in [-0.2, 0) is 14.6 Å². The number of fused-ring (bicyclic) bond motifs is 5. The fourth-order valence-electron chi connectivity index (χ4n) is 8.98. The SMILES string of the molecule is C[C@H](CCCOS(=O)(=O)O)C1CCC2[C@@H]3CCC4C[C@@H](O)CCC4(C)C3CC[C@@]21C. The summed E-state index contributed by atoms with van der Waals surface area (Å²) in [5, 5.41) is 10.2. The maximum Gasteiger partial charge on any atom is 0.397 e. The highest BCUT2D eigenvalue weighted by atomic mass is 32.3. The minimum absolute atomic E-state index is 0.0741. The second-order valence-corrected chi connectivity index (χ2v) is 12.8. The van der Waals surface area contributed by atoms with Crippen LogP contribution in [0.4, 0.5) is 0 Å². The zero-order valence-corrected chi connectivity index (χ0v) is 19.9. The molecule has 0 radical (unpaired) electrons. The average molecular weight is 443 g/mol. The van der Waals surface area contributed by atoms with E-state index < -0.39 is 10.4 Å². The zero-order chi connectivity index (χ0) is 21.7. The average Bonchev–Trinajstić information content (AvgIpc) is 3.02. The number of aliphatic hydroxyl groups is 1. The molecule has 4 aliphatic rings. The van der Waals surface area contributed by atoms with Crippen molar-refractivity contribution in [1.82, 2.24) is 0 Å². The van der Waals surface area contributed by atoms with Crippen LogP contribution in [0.1, 0.15) is 91.4 Å². The van der Waals surface area contributed by atoms with Crippen molar-refractivity contribution in [3.63, 3.8) is 0 Å². The summed E-state index contributed by atoms with van der Waals surface area (Å²) in [7, 11) is -4.32. The molecule has 0 bridgehead atoms. The Morgan fingerprint density at radius 3 is 2.43 bits per heavy atom. The molecule has 0 saturated heterocycles. The lowest BCUT2D eigenvalue weighted by Gasteiger charge is -2.61. The van der Waals surface area contributed by atoms with Crippen LogP contribution in [0.15, 0.2) is 0 Å². The Morgan fingerprint density at radius 2 is 1.70 bits per heavy atom. The lowest BCUT2D eigenvalue weighted by molar-refractivity contribution is -0.129. The number of aliphatic hydroxyl groups excluding tert-OH is 1. The first kappa shape index (κ1) is 23.0. The van der Waals surface area contributed by atoms with E-state index in [4.69, 9.17) is 4.55 Å². The van der Waals surface area contributed by atoms with E-state index in [2.05, 4.69) is 25.0 Å². The van der Waals surface area contributed by atoms with Gasteiger partial charge in [0.2, 0.25) is 0 Å². The fraction of sp³-hybridized carbons (Fsp3) is 1.00. The number of hydrogen-bond donors (Lipinski definition) is 2. The maximum absolute atomic E-state index is 10.8. The Morgan fingerprint density at radius 1 is 1.00 bits per heavy atom. The van der Waals surface area contributed by atoms with Crippen LogP contribution in [0.2, 0.25) is 0 Å². The fourth-order valence-corrected chi connectivity index (χ4v) is 9.31. The minimum atomic E-state index is -4.32. The van der Waals surface area contributed by atoms with Crippen LogP contribution in [0.25, 0.3) is 0 Å². The molecule has 4 aliphatic carbocycles. The molecule has 5 nitrogen and oxygen atoms in total. The van der Waals surface area contributed by atoms with Gasteiger partial charge in [-0.3, -0.25) is 4.55 Å². The molecular formula is C24H42O5S. The Balaban J connectivity index is 1.41. The van der Waals surface area contributed by atoms with Crippen molar-refractivity contribution in [2.75, 3.05) is 6.61 Å². The van der Waals surface area contributed by atoms with E-state index in [1.165, 1.54) is 44.9 Å². The topological polar surface area (TPSA) is 83.8 Å². The molecule has 4 saturated carbocycles. The quantitative estimate of drug-likeness (QED) is 0.434. The first-order valence-corrected chi connectivity index (χ1v) is 13.7. The van der Waals surface area contributed by atoms with E-state index in [0.717, 1.165) is 37.0 Å². The molecule has 30 heavy (non-hydrogen) atoms. The lowest BCUT2D eigenvalue weighted by atomic mass is 9.44. The molecule has 0 aromatic carbocycles. The highest BCUT2D eigenvalue weighted by molar-refractivity contribution is 7.80. The van der Waals surface area contributed by atoms with Gasteiger partial charge in [0.25, 0.3) is 0 Å². The molecule has 0 heterocycles. The Kier molecular flexibility index (Phi) is 6.37. The predicted molar refractivity (Wildman–Crippen MR) is 117 cm³/mol. The Bertz CT molecular complexity index is 723. The summed E-state index contributed by atoms with van der Waals surface area (Å²) in [6.45, 7) is 7.51. The van der Waals surface area contributed by atoms with Crippen molar-refractivity contribution in [1.29, 1.82) is 0 Å². The molecule has 5 unspecified atom stereocenters. The van der Waals surface area contributed by atoms with Gasteiger partial charge in [-0.15, -0.1) is 0 Å². The van der Waals surface area contributed by atoms with Crippen molar-refractivity contribution < 1.29 is 22.3 Å². The number of rotatable bonds is 6. The predicted octanol–water partition coefficient (Wildman–Crippen LogP) is 5.24. The third-order valence-electron chi connectivity index (χ3n) is 10.4. The summed E-state index contributed by atoms with van der Waals surface area (Å²) in [6, 6.07) is 0. The Labute approximate surface area is 183 Å². The largest absolute Gasteiger partial charge is 0.397 e. The summed E-state index contributed by atoms with van der Waals surface area (Å²) in [4.78, 5) is 0. The molecule has 0 aromatic rings. The molecule has 9 atom stereocenters. The van der Waals surface area contributed by atoms with E-state index in [1.807, 2.05) is 0 Å². The second-order valence-electron chi connectivity index (χ2n) is 11.7. The van der Waals surface area contributed by atoms with Gasteiger partial charge < -0.3 is 5.11 Å². The van der Waals surface area contributed by atoms with Crippen LogP contribution in [0.3, 0.4) is 0 Å². The van der Waals surface area contributed by atoms with Gasteiger partial charge in [-0.05, 0) is 117 Å². The molecule has 0 aromatic heterocycles. The summed E-state index contributed by atoms with van der Waals surface area (Å²) in [6.07, 6.45) is 12.7. The summed E-state index contributed by atoms with van der Waals surface area (Å²) in [5.41, 5.74) is 0.835. The summed E-state index contributed by atoms with van der Waals surface area (Å²) < 4.78 is 34.8. The van der Waals surface area contributed by atoms with Crippen LogP contribution in [0, 0.1) is 46.3 Å². The molecule has 0 amide bonds.